The van der Waals surface area contributed by atoms with Gasteiger partial charge in [0.25, 0.3) is 0 Å². The number of aliphatic carboxylic acids is 1. The number of carbonyl (C=O) groups is 1. The van der Waals surface area contributed by atoms with Crippen molar-refractivity contribution < 1.29 is 15.0 Å². The molecule has 0 saturated carbocycles. The lowest BCUT2D eigenvalue weighted by molar-refractivity contribution is -0.141. The van der Waals surface area contributed by atoms with Crippen LogP contribution in [-0.4, -0.2) is 26.9 Å². The third-order valence-electron chi connectivity index (χ3n) is 2.64. The standard InChI is InChI=1S/C10H12NO3P/c12-8-2-1-6-5-11(15)9(10(13)14)4-7(6)3-8/h1-3,9,12H,4-5,15H2,(H,13,14). The molecule has 15 heavy (non-hydrogen) atoms. The number of nitrogens with zero attached hydrogens (tertiary/aromatic N) is 1. The van der Waals surface area contributed by atoms with Crippen molar-refractivity contribution in [3.05, 3.63) is 29.3 Å². The minimum absolute atomic E-state index is 0.190. The van der Waals surface area contributed by atoms with Crippen molar-refractivity contribution in [2.24, 2.45) is 0 Å². The molecule has 0 saturated heterocycles. The smallest absolute Gasteiger partial charge is 0.321 e. The van der Waals surface area contributed by atoms with E-state index in [-0.39, 0.29) is 5.75 Å². The van der Waals surface area contributed by atoms with Crippen molar-refractivity contribution in [3.8, 4) is 5.75 Å². The monoisotopic (exact) mass is 225 g/mol. The highest BCUT2D eigenvalue weighted by molar-refractivity contribution is 7.13. The Bertz CT molecular complexity index is 408. The summed E-state index contributed by atoms with van der Waals surface area (Å²) in [6.07, 6.45) is 0.433. The number of hydrogen-bond donors (Lipinski definition) is 2. The molecule has 80 valence electrons. The molecule has 0 spiro atoms. The van der Waals surface area contributed by atoms with Gasteiger partial charge in [0.1, 0.15) is 11.8 Å². The van der Waals surface area contributed by atoms with Crippen molar-refractivity contribution in [1.29, 1.82) is 0 Å². The molecule has 1 aromatic carbocycles. The number of carboxylic acids is 1. The van der Waals surface area contributed by atoms with Crippen LogP contribution in [0.15, 0.2) is 18.2 Å². The summed E-state index contributed by atoms with van der Waals surface area (Å²) in [4.78, 5) is 10.9. The van der Waals surface area contributed by atoms with Crippen molar-refractivity contribution in [2.75, 3.05) is 0 Å². The maximum atomic E-state index is 10.9. The number of benzene rings is 1. The Balaban J connectivity index is 2.34. The van der Waals surface area contributed by atoms with Gasteiger partial charge < -0.3 is 10.2 Å². The predicted octanol–water partition coefficient (Wildman–Crippen LogP) is 0.994. The summed E-state index contributed by atoms with van der Waals surface area (Å²) in [5.41, 5.74) is 1.99. The molecule has 1 aliphatic rings. The van der Waals surface area contributed by atoms with Crippen molar-refractivity contribution >= 4 is 15.4 Å². The van der Waals surface area contributed by atoms with Crippen LogP contribution in [0.25, 0.3) is 0 Å². The second-order valence-electron chi connectivity index (χ2n) is 3.68. The Morgan fingerprint density at radius 3 is 2.87 bits per heavy atom. The van der Waals surface area contributed by atoms with E-state index in [0.717, 1.165) is 11.1 Å². The van der Waals surface area contributed by atoms with Crippen LogP contribution in [0, 0.1) is 0 Å². The molecule has 0 amide bonds. The van der Waals surface area contributed by atoms with Gasteiger partial charge in [-0.2, -0.15) is 0 Å². The van der Waals surface area contributed by atoms with Crippen LogP contribution in [0.2, 0.25) is 0 Å². The van der Waals surface area contributed by atoms with Gasteiger partial charge >= 0.3 is 5.97 Å². The van der Waals surface area contributed by atoms with Crippen LogP contribution in [0.1, 0.15) is 11.1 Å². The Morgan fingerprint density at radius 2 is 2.20 bits per heavy atom. The highest BCUT2D eigenvalue weighted by Crippen LogP contribution is 2.28. The molecule has 0 fully saturated rings. The molecular weight excluding hydrogens is 213 g/mol. The molecule has 2 N–H and O–H groups in total. The first-order chi connectivity index (χ1) is 7.08. The van der Waals surface area contributed by atoms with Crippen molar-refractivity contribution in [2.45, 2.75) is 19.0 Å². The zero-order valence-corrected chi connectivity index (χ0v) is 9.21. The van der Waals surface area contributed by atoms with E-state index in [4.69, 9.17) is 5.11 Å². The van der Waals surface area contributed by atoms with Gasteiger partial charge in [-0.15, -0.1) is 0 Å². The lowest BCUT2D eigenvalue weighted by Crippen LogP contribution is -2.39. The summed E-state index contributed by atoms with van der Waals surface area (Å²) in [5.74, 6) is -0.644. The average molecular weight is 225 g/mol. The second-order valence-corrected chi connectivity index (χ2v) is 4.35. The molecule has 0 radical (unpaired) electrons. The summed E-state index contributed by atoms with van der Waals surface area (Å²) >= 11 is 0. The molecule has 4 nitrogen and oxygen atoms in total. The molecular formula is C10H12NO3P. The summed E-state index contributed by atoms with van der Waals surface area (Å²) in [7, 11) is 2.44. The number of aromatic hydroxyl groups is 1. The largest absolute Gasteiger partial charge is 0.508 e. The SMILES string of the molecule is O=C(O)C1Cc2cc(O)ccc2CN1P. The van der Waals surface area contributed by atoms with Gasteiger partial charge in [0.15, 0.2) is 0 Å². The van der Waals surface area contributed by atoms with Gasteiger partial charge in [-0.3, -0.25) is 9.46 Å². The van der Waals surface area contributed by atoms with Gasteiger partial charge in [0, 0.05) is 6.54 Å². The number of hydrogen-bond acceptors (Lipinski definition) is 3. The van der Waals surface area contributed by atoms with Gasteiger partial charge in [0.05, 0.1) is 0 Å². The zero-order chi connectivity index (χ0) is 11.0. The Morgan fingerprint density at radius 1 is 1.47 bits per heavy atom. The summed E-state index contributed by atoms with van der Waals surface area (Å²) in [6, 6.07) is 4.57. The maximum Gasteiger partial charge on any atom is 0.321 e. The fourth-order valence-corrected chi connectivity index (χ4v) is 2.25. The first kappa shape index (κ1) is 10.4. The molecule has 2 unspecified atom stereocenters. The highest BCUT2D eigenvalue weighted by atomic mass is 31.0. The summed E-state index contributed by atoms with van der Waals surface area (Å²) in [5, 5.41) is 18.3. The minimum atomic E-state index is -0.834. The molecule has 2 atom stereocenters. The van der Waals surface area contributed by atoms with Crippen molar-refractivity contribution in [3.63, 3.8) is 0 Å². The number of phenols is 1. The molecule has 1 heterocycles. The van der Waals surface area contributed by atoms with E-state index in [1.165, 1.54) is 0 Å². The summed E-state index contributed by atoms with van der Waals surface area (Å²) < 4.78 is 1.72. The van der Waals surface area contributed by atoms with E-state index in [0.29, 0.717) is 13.0 Å². The van der Waals surface area contributed by atoms with E-state index in [1.54, 1.807) is 16.8 Å². The lowest BCUT2D eigenvalue weighted by Gasteiger charge is -2.30. The van der Waals surface area contributed by atoms with Gasteiger partial charge in [-0.05, 0) is 29.7 Å². The lowest BCUT2D eigenvalue weighted by atomic mass is 9.95. The van der Waals surface area contributed by atoms with Crippen LogP contribution in [-0.2, 0) is 17.8 Å². The van der Waals surface area contributed by atoms with Gasteiger partial charge in [-0.1, -0.05) is 15.5 Å². The molecule has 5 heteroatoms. The third-order valence-corrected chi connectivity index (χ3v) is 3.18. The van der Waals surface area contributed by atoms with E-state index in [1.807, 2.05) is 6.07 Å². The summed E-state index contributed by atoms with van der Waals surface area (Å²) in [6.45, 7) is 0.581. The van der Waals surface area contributed by atoms with Gasteiger partial charge in [0.2, 0.25) is 0 Å². The number of phenolic OH excluding ortho intramolecular Hbond substituents is 1. The number of fused-ring (bicyclic) bond motifs is 1. The fraction of sp³-hybridized carbons (Fsp3) is 0.300. The quantitative estimate of drug-likeness (QED) is 0.700. The molecule has 1 aromatic rings. The highest BCUT2D eigenvalue weighted by Gasteiger charge is 2.28. The number of rotatable bonds is 1. The molecule has 0 aliphatic carbocycles. The molecule has 2 rings (SSSR count). The third kappa shape index (κ3) is 1.96. The molecule has 0 bridgehead atoms. The van der Waals surface area contributed by atoms with E-state index in [2.05, 4.69) is 9.39 Å². The van der Waals surface area contributed by atoms with E-state index < -0.39 is 12.0 Å². The topological polar surface area (TPSA) is 60.8 Å². The Hall–Kier alpha value is -1.12. The molecule has 1 aliphatic heterocycles. The van der Waals surface area contributed by atoms with Crippen LogP contribution in [0.5, 0.6) is 5.75 Å². The predicted molar refractivity (Wildman–Crippen MR) is 58.5 cm³/mol. The fourth-order valence-electron chi connectivity index (χ4n) is 1.82. The van der Waals surface area contributed by atoms with E-state index >= 15 is 0 Å². The van der Waals surface area contributed by atoms with Crippen LogP contribution in [0.4, 0.5) is 0 Å². The second kappa shape index (κ2) is 3.80. The first-order valence-electron chi connectivity index (χ1n) is 4.63. The average Bonchev–Trinajstić information content (AvgIpc) is 2.17. The zero-order valence-electron chi connectivity index (χ0n) is 8.05. The van der Waals surface area contributed by atoms with Crippen LogP contribution in [0.3, 0.4) is 0 Å². The normalized spacial score (nSPS) is 21.0. The van der Waals surface area contributed by atoms with Crippen LogP contribution >= 0.6 is 9.39 Å². The first-order valence-corrected chi connectivity index (χ1v) is 5.14. The van der Waals surface area contributed by atoms with Crippen molar-refractivity contribution in [1.82, 2.24) is 4.67 Å². The Labute approximate surface area is 89.8 Å². The Kier molecular flexibility index (Phi) is 2.63. The van der Waals surface area contributed by atoms with Gasteiger partial charge in [-0.25, -0.2) is 0 Å². The minimum Gasteiger partial charge on any atom is -0.508 e. The van der Waals surface area contributed by atoms with Crippen LogP contribution < -0.4 is 0 Å². The number of carboxylic acid groups (broad SMARTS) is 1. The molecule has 0 aromatic heterocycles. The van der Waals surface area contributed by atoms with E-state index in [9.17, 15) is 9.90 Å². The maximum absolute atomic E-state index is 10.9.